The Balaban J connectivity index is 1.69. The van der Waals surface area contributed by atoms with Crippen LogP contribution < -0.4 is 0 Å². The van der Waals surface area contributed by atoms with Gasteiger partial charge < -0.3 is 9.26 Å². The summed E-state index contributed by atoms with van der Waals surface area (Å²) in [7, 11) is 1.77. The summed E-state index contributed by atoms with van der Waals surface area (Å²) in [6, 6.07) is 7.01. The summed E-state index contributed by atoms with van der Waals surface area (Å²) < 4.78 is 12.1. The highest BCUT2D eigenvalue weighted by atomic mass is 35.5. The van der Waals surface area contributed by atoms with E-state index in [4.69, 9.17) is 20.9 Å². The molecule has 0 saturated carbocycles. The van der Waals surface area contributed by atoms with Gasteiger partial charge in [0.1, 0.15) is 5.56 Å². The average molecular weight is 347 g/mol. The second kappa shape index (κ2) is 6.45. The maximum absolute atomic E-state index is 12.2. The summed E-state index contributed by atoms with van der Waals surface area (Å²) in [5.74, 6) is 0.162. The summed E-state index contributed by atoms with van der Waals surface area (Å²) in [6.45, 7) is 3.49. The molecule has 0 saturated heterocycles. The Kier molecular flexibility index (Phi) is 4.35. The quantitative estimate of drug-likeness (QED) is 0.675. The van der Waals surface area contributed by atoms with Crippen LogP contribution >= 0.6 is 11.6 Å². The van der Waals surface area contributed by atoms with Gasteiger partial charge in [0, 0.05) is 23.3 Å². The molecule has 2 aromatic heterocycles. The summed E-state index contributed by atoms with van der Waals surface area (Å²) >= 11 is 5.84. The lowest BCUT2D eigenvalue weighted by Gasteiger charge is -2.02. The van der Waals surface area contributed by atoms with E-state index in [1.165, 1.54) is 0 Å². The third-order valence-corrected chi connectivity index (χ3v) is 3.86. The van der Waals surface area contributed by atoms with Gasteiger partial charge in [-0.15, -0.1) is 0 Å². The largest absolute Gasteiger partial charge is 0.454 e. The van der Waals surface area contributed by atoms with E-state index in [0.717, 1.165) is 11.3 Å². The first-order chi connectivity index (χ1) is 11.5. The fraction of sp³-hybridized carbons (Fsp3) is 0.250. The van der Waals surface area contributed by atoms with E-state index in [1.54, 1.807) is 42.9 Å². The van der Waals surface area contributed by atoms with Crippen molar-refractivity contribution in [2.75, 3.05) is 0 Å². The van der Waals surface area contributed by atoms with Gasteiger partial charge in [0.05, 0.1) is 5.69 Å². The molecular weight excluding hydrogens is 332 g/mol. The molecule has 3 aromatic rings. The van der Waals surface area contributed by atoms with E-state index in [-0.39, 0.29) is 12.4 Å². The Morgan fingerprint density at radius 3 is 2.62 bits per heavy atom. The van der Waals surface area contributed by atoms with E-state index >= 15 is 0 Å². The molecule has 0 unspecified atom stereocenters. The van der Waals surface area contributed by atoms with Gasteiger partial charge in [0.25, 0.3) is 5.89 Å². The predicted molar refractivity (Wildman–Crippen MR) is 86.5 cm³/mol. The van der Waals surface area contributed by atoms with Crippen LogP contribution in [0.3, 0.4) is 0 Å². The van der Waals surface area contributed by atoms with Crippen molar-refractivity contribution in [3.05, 3.63) is 52.1 Å². The van der Waals surface area contributed by atoms with Crippen LogP contribution in [0.1, 0.15) is 27.6 Å². The Labute approximate surface area is 143 Å². The summed E-state index contributed by atoms with van der Waals surface area (Å²) in [4.78, 5) is 16.4. The zero-order chi connectivity index (χ0) is 17.3. The highest BCUT2D eigenvalue weighted by molar-refractivity contribution is 6.30. The van der Waals surface area contributed by atoms with Crippen LogP contribution in [0, 0.1) is 13.8 Å². The highest BCUT2D eigenvalue weighted by Gasteiger charge is 2.19. The number of rotatable bonds is 4. The molecule has 0 bridgehead atoms. The number of carbonyl (C=O) groups excluding carboxylic acids is 1. The van der Waals surface area contributed by atoms with Crippen LogP contribution in [0.4, 0.5) is 0 Å². The van der Waals surface area contributed by atoms with E-state index in [9.17, 15) is 4.79 Å². The lowest BCUT2D eigenvalue weighted by Crippen LogP contribution is -2.08. The molecule has 3 rings (SSSR count). The molecule has 8 heteroatoms. The number of hydrogen-bond acceptors (Lipinski definition) is 6. The predicted octanol–water partition coefficient (Wildman–Crippen LogP) is 3.10. The highest BCUT2D eigenvalue weighted by Crippen LogP contribution is 2.20. The fourth-order valence-electron chi connectivity index (χ4n) is 2.29. The van der Waals surface area contributed by atoms with Gasteiger partial charge in [0.15, 0.2) is 6.61 Å². The normalized spacial score (nSPS) is 10.8. The number of aromatic nitrogens is 4. The average Bonchev–Trinajstić information content (AvgIpc) is 3.11. The topological polar surface area (TPSA) is 83.0 Å². The van der Waals surface area contributed by atoms with Crippen molar-refractivity contribution >= 4 is 17.6 Å². The minimum atomic E-state index is -0.462. The lowest BCUT2D eigenvalue weighted by molar-refractivity contribution is 0.0458. The molecular formula is C16H15ClN4O3. The number of ether oxygens (including phenoxy) is 1. The van der Waals surface area contributed by atoms with Crippen LogP contribution in [-0.4, -0.2) is 25.9 Å². The molecule has 1 aromatic carbocycles. The first-order valence-electron chi connectivity index (χ1n) is 7.21. The van der Waals surface area contributed by atoms with Crippen molar-refractivity contribution in [2.45, 2.75) is 20.5 Å². The third-order valence-electron chi connectivity index (χ3n) is 3.60. The van der Waals surface area contributed by atoms with Crippen LogP contribution in [-0.2, 0) is 18.4 Å². The molecule has 0 fully saturated rings. The van der Waals surface area contributed by atoms with Crippen molar-refractivity contribution in [3.63, 3.8) is 0 Å². The van der Waals surface area contributed by atoms with Gasteiger partial charge in [-0.3, -0.25) is 4.68 Å². The smallest absolute Gasteiger partial charge is 0.342 e. The Morgan fingerprint density at radius 2 is 2.00 bits per heavy atom. The molecule has 0 amide bonds. The summed E-state index contributed by atoms with van der Waals surface area (Å²) in [6.07, 6.45) is 0. The van der Waals surface area contributed by atoms with Crippen molar-refractivity contribution in [3.8, 4) is 11.5 Å². The van der Waals surface area contributed by atoms with Gasteiger partial charge in [-0.1, -0.05) is 16.8 Å². The number of esters is 1. The van der Waals surface area contributed by atoms with Gasteiger partial charge in [0.2, 0.25) is 5.82 Å². The maximum Gasteiger partial charge on any atom is 0.342 e. The molecule has 7 nitrogen and oxygen atoms in total. The molecule has 0 N–H and O–H groups in total. The second-order valence-corrected chi connectivity index (χ2v) is 5.70. The van der Waals surface area contributed by atoms with E-state index in [1.807, 2.05) is 6.92 Å². The van der Waals surface area contributed by atoms with Crippen molar-refractivity contribution in [1.29, 1.82) is 0 Å². The van der Waals surface area contributed by atoms with Gasteiger partial charge in [-0.25, -0.2) is 4.79 Å². The van der Waals surface area contributed by atoms with E-state index < -0.39 is 5.97 Å². The Hall–Kier alpha value is -2.67. The van der Waals surface area contributed by atoms with Crippen LogP contribution in [0.25, 0.3) is 11.5 Å². The first-order valence-corrected chi connectivity index (χ1v) is 7.59. The molecule has 124 valence electrons. The Morgan fingerprint density at radius 1 is 1.29 bits per heavy atom. The van der Waals surface area contributed by atoms with Gasteiger partial charge >= 0.3 is 5.97 Å². The minimum absolute atomic E-state index is 0.0797. The maximum atomic E-state index is 12.2. The zero-order valence-corrected chi connectivity index (χ0v) is 14.2. The number of hydrogen-bond donors (Lipinski definition) is 0. The van der Waals surface area contributed by atoms with E-state index in [0.29, 0.717) is 22.2 Å². The molecule has 0 aliphatic rings. The number of nitrogens with zero attached hydrogens (tertiary/aromatic N) is 4. The van der Waals surface area contributed by atoms with Crippen molar-refractivity contribution in [1.82, 2.24) is 19.9 Å². The monoisotopic (exact) mass is 346 g/mol. The van der Waals surface area contributed by atoms with Gasteiger partial charge in [-0.05, 0) is 38.1 Å². The number of halogens is 1. The third kappa shape index (κ3) is 3.16. The standard InChI is InChI=1S/C16H15ClN4O3/c1-9-14(10(2)21(3)19-9)16(22)23-8-13-18-15(24-20-13)11-4-6-12(17)7-5-11/h4-7H,8H2,1-3H3. The molecule has 0 atom stereocenters. The first kappa shape index (κ1) is 16.2. The number of carbonyl (C=O) groups is 1. The number of benzene rings is 1. The van der Waals surface area contributed by atoms with E-state index in [2.05, 4.69) is 15.2 Å². The van der Waals surface area contributed by atoms with Crippen molar-refractivity contribution in [2.24, 2.45) is 7.05 Å². The SMILES string of the molecule is Cc1nn(C)c(C)c1C(=O)OCc1noc(-c2ccc(Cl)cc2)n1. The molecule has 2 heterocycles. The van der Waals surface area contributed by atoms with Crippen molar-refractivity contribution < 1.29 is 14.1 Å². The van der Waals surface area contributed by atoms with Crippen LogP contribution in [0.5, 0.6) is 0 Å². The van der Waals surface area contributed by atoms with Crippen LogP contribution in [0.15, 0.2) is 28.8 Å². The molecule has 0 spiro atoms. The fourth-order valence-corrected chi connectivity index (χ4v) is 2.42. The molecule has 0 aliphatic heterocycles. The Bertz CT molecular complexity index is 883. The second-order valence-electron chi connectivity index (χ2n) is 5.27. The summed E-state index contributed by atoms with van der Waals surface area (Å²) in [5, 5.41) is 8.63. The molecule has 24 heavy (non-hydrogen) atoms. The molecule has 0 aliphatic carbocycles. The zero-order valence-electron chi connectivity index (χ0n) is 13.4. The molecule has 0 radical (unpaired) electrons. The number of aryl methyl sites for hydroxylation is 2. The lowest BCUT2D eigenvalue weighted by atomic mass is 10.2. The van der Waals surface area contributed by atoms with Gasteiger partial charge in [-0.2, -0.15) is 10.1 Å². The summed E-state index contributed by atoms with van der Waals surface area (Å²) in [5.41, 5.74) is 2.56. The minimum Gasteiger partial charge on any atom is -0.454 e. The van der Waals surface area contributed by atoms with Crippen LogP contribution in [0.2, 0.25) is 5.02 Å².